The van der Waals surface area contributed by atoms with Crippen LogP contribution in [0.3, 0.4) is 0 Å². The first-order valence-corrected chi connectivity index (χ1v) is 9.47. The van der Waals surface area contributed by atoms with E-state index >= 15 is 0 Å². The highest BCUT2D eigenvalue weighted by atomic mass is 35.5. The van der Waals surface area contributed by atoms with E-state index in [-0.39, 0.29) is 11.7 Å². The molecule has 1 aliphatic heterocycles. The van der Waals surface area contributed by atoms with Gasteiger partial charge in [-0.05, 0) is 55.0 Å². The number of anilines is 3. The number of nitrogens with zero attached hydrogens (tertiary/aromatic N) is 2. The molecule has 0 aliphatic carbocycles. The molecular formula is C21H16Cl2FN3O. The highest BCUT2D eigenvalue weighted by Gasteiger charge is 2.34. The van der Waals surface area contributed by atoms with Crippen molar-refractivity contribution in [3.05, 3.63) is 81.7 Å². The van der Waals surface area contributed by atoms with Crippen LogP contribution in [0.4, 0.5) is 21.6 Å². The molecule has 28 heavy (non-hydrogen) atoms. The van der Waals surface area contributed by atoms with Crippen LogP contribution in [0.1, 0.15) is 24.1 Å². The maximum atomic E-state index is 13.1. The van der Waals surface area contributed by atoms with Crippen LogP contribution in [0.5, 0.6) is 0 Å². The van der Waals surface area contributed by atoms with Gasteiger partial charge in [0.1, 0.15) is 11.6 Å². The molecule has 7 heteroatoms. The van der Waals surface area contributed by atoms with Crippen LogP contribution in [0, 0.1) is 5.82 Å². The number of hydrogen-bond donors (Lipinski definition) is 1. The molecule has 4 rings (SSSR count). The Kier molecular flexibility index (Phi) is 4.96. The molecule has 0 saturated carbocycles. The summed E-state index contributed by atoms with van der Waals surface area (Å²) in [7, 11) is 0. The third kappa shape index (κ3) is 3.43. The van der Waals surface area contributed by atoms with E-state index in [1.54, 1.807) is 35.2 Å². The number of nitrogens with one attached hydrogen (secondary N) is 1. The van der Waals surface area contributed by atoms with Crippen molar-refractivity contribution in [2.24, 2.45) is 0 Å². The van der Waals surface area contributed by atoms with Gasteiger partial charge in [0.05, 0.1) is 33.9 Å². The Bertz CT molecular complexity index is 1040. The fourth-order valence-electron chi connectivity index (χ4n) is 3.30. The van der Waals surface area contributed by atoms with Gasteiger partial charge in [-0.3, -0.25) is 4.79 Å². The summed E-state index contributed by atoms with van der Waals surface area (Å²) in [5, 5.41) is 3.99. The van der Waals surface area contributed by atoms with Gasteiger partial charge in [-0.2, -0.15) is 0 Å². The van der Waals surface area contributed by atoms with Gasteiger partial charge < -0.3 is 10.2 Å². The molecule has 2 heterocycles. The van der Waals surface area contributed by atoms with Crippen molar-refractivity contribution in [3.8, 4) is 0 Å². The predicted octanol–water partition coefficient (Wildman–Crippen LogP) is 5.92. The van der Waals surface area contributed by atoms with Crippen molar-refractivity contribution in [1.82, 2.24) is 4.98 Å². The summed E-state index contributed by atoms with van der Waals surface area (Å²) >= 11 is 12.6. The summed E-state index contributed by atoms with van der Waals surface area (Å²) in [4.78, 5) is 19.2. The number of amides is 1. The molecule has 2 aromatic carbocycles. The van der Waals surface area contributed by atoms with Gasteiger partial charge in [0, 0.05) is 5.69 Å². The average molecular weight is 416 g/mol. The number of para-hydroxylation sites is 1. The topological polar surface area (TPSA) is 45.2 Å². The number of rotatable bonds is 3. The SMILES string of the molecule is CC1C(=O)N(c2c(Cl)cccc2Cl)Cc2ccc(Nc3ccc(F)cc3)nc21. The Labute approximate surface area is 171 Å². The largest absolute Gasteiger partial charge is 0.340 e. The molecule has 0 saturated heterocycles. The summed E-state index contributed by atoms with van der Waals surface area (Å²) in [5.74, 6) is -0.282. The number of carbonyl (C=O) groups excluding carboxylic acids is 1. The third-order valence-electron chi connectivity index (χ3n) is 4.71. The van der Waals surface area contributed by atoms with Gasteiger partial charge in [0.25, 0.3) is 0 Å². The first-order valence-electron chi connectivity index (χ1n) is 8.72. The van der Waals surface area contributed by atoms with Gasteiger partial charge >= 0.3 is 0 Å². The molecule has 4 nitrogen and oxygen atoms in total. The molecule has 3 aromatic rings. The lowest BCUT2D eigenvalue weighted by Crippen LogP contribution is -2.39. The molecule has 0 radical (unpaired) electrons. The van der Waals surface area contributed by atoms with E-state index in [1.165, 1.54) is 12.1 Å². The van der Waals surface area contributed by atoms with E-state index < -0.39 is 5.92 Å². The molecule has 142 valence electrons. The number of benzene rings is 2. The van der Waals surface area contributed by atoms with Gasteiger partial charge in [-0.15, -0.1) is 0 Å². The number of halogens is 3. The molecule has 0 spiro atoms. The van der Waals surface area contributed by atoms with E-state index in [0.29, 0.717) is 39.5 Å². The van der Waals surface area contributed by atoms with Gasteiger partial charge in [-0.1, -0.05) is 35.3 Å². The molecule has 1 N–H and O–H groups in total. The molecule has 1 unspecified atom stereocenters. The Hall–Kier alpha value is -2.63. The lowest BCUT2D eigenvalue weighted by Gasteiger charge is -2.33. The van der Waals surface area contributed by atoms with Crippen molar-refractivity contribution in [2.75, 3.05) is 10.2 Å². The number of carbonyl (C=O) groups is 1. The second kappa shape index (κ2) is 7.41. The fraction of sp³-hybridized carbons (Fsp3) is 0.143. The van der Waals surface area contributed by atoms with Crippen molar-refractivity contribution in [1.29, 1.82) is 0 Å². The summed E-state index contributed by atoms with van der Waals surface area (Å²) in [6.45, 7) is 2.15. The van der Waals surface area contributed by atoms with Crippen molar-refractivity contribution < 1.29 is 9.18 Å². The minimum Gasteiger partial charge on any atom is -0.340 e. The molecule has 0 fully saturated rings. The first kappa shape index (κ1) is 18.7. The van der Waals surface area contributed by atoms with Crippen LogP contribution in [-0.2, 0) is 11.3 Å². The molecule has 1 aliphatic rings. The fourth-order valence-corrected chi connectivity index (χ4v) is 3.90. The lowest BCUT2D eigenvalue weighted by atomic mass is 9.95. The van der Waals surface area contributed by atoms with Crippen LogP contribution in [0.2, 0.25) is 10.0 Å². The van der Waals surface area contributed by atoms with Crippen LogP contribution in [0.15, 0.2) is 54.6 Å². The van der Waals surface area contributed by atoms with E-state index in [2.05, 4.69) is 10.3 Å². The summed E-state index contributed by atoms with van der Waals surface area (Å²) in [6, 6.07) is 14.9. The summed E-state index contributed by atoms with van der Waals surface area (Å²) < 4.78 is 13.1. The maximum Gasteiger partial charge on any atom is 0.236 e. The molecule has 1 atom stereocenters. The van der Waals surface area contributed by atoms with Crippen molar-refractivity contribution in [2.45, 2.75) is 19.4 Å². The zero-order chi connectivity index (χ0) is 19.8. The van der Waals surface area contributed by atoms with Gasteiger partial charge in [0.2, 0.25) is 5.91 Å². The van der Waals surface area contributed by atoms with E-state index in [0.717, 1.165) is 5.56 Å². The number of fused-ring (bicyclic) bond motifs is 1. The molecule has 1 amide bonds. The zero-order valence-electron chi connectivity index (χ0n) is 14.9. The quantitative estimate of drug-likeness (QED) is 0.577. The highest BCUT2D eigenvalue weighted by molar-refractivity contribution is 6.40. The van der Waals surface area contributed by atoms with Gasteiger partial charge in [0.15, 0.2) is 0 Å². The van der Waals surface area contributed by atoms with Crippen LogP contribution < -0.4 is 10.2 Å². The second-order valence-electron chi connectivity index (χ2n) is 6.59. The second-order valence-corrected chi connectivity index (χ2v) is 7.40. The zero-order valence-corrected chi connectivity index (χ0v) is 16.4. The Morgan fingerprint density at radius 1 is 1.07 bits per heavy atom. The standard InChI is InChI=1S/C21H16Cl2FN3O/c1-12-19-13(5-10-18(26-19)25-15-8-6-14(24)7-9-15)11-27(21(12)28)20-16(22)3-2-4-17(20)23/h2-10,12H,11H2,1H3,(H,25,26). The minimum absolute atomic E-state index is 0.117. The number of aromatic nitrogens is 1. The lowest BCUT2D eigenvalue weighted by molar-refractivity contribution is -0.120. The van der Waals surface area contributed by atoms with Crippen LogP contribution in [-0.4, -0.2) is 10.9 Å². The first-order chi connectivity index (χ1) is 13.4. The van der Waals surface area contributed by atoms with E-state index in [4.69, 9.17) is 23.2 Å². The third-order valence-corrected chi connectivity index (χ3v) is 5.32. The maximum absolute atomic E-state index is 13.1. The number of hydrogen-bond acceptors (Lipinski definition) is 3. The molecular weight excluding hydrogens is 400 g/mol. The van der Waals surface area contributed by atoms with E-state index in [9.17, 15) is 9.18 Å². The van der Waals surface area contributed by atoms with Crippen molar-refractivity contribution in [3.63, 3.8) is 0 Å². The van der Waals surface area contributed by atoms with Crippen LogP contribution in [0.25, 0.3) is 0 Å². The highest BCUT2D eigenvalue weighted by Crippen LogP contribution is 2.39. The summed E-state index contributed by atoms with van der Waals surface area (Å²) in [6.07, 6.45) is 0. The molecule has 1 aromatic heterocycles. The summed E-state index contributed by atoms with van der Waals surface area (Å²) in [5.41, 5.74) is 2.86. The number of pyridine rings is 1. The Morgan fingerprint density at radius 2 is 1.75 bits per heavy atom. The normalized spacial score (nSPS) is 16.1. The van der Waals surface area contributed by atoms with Crippen LogP contribution >= 0.6 is 23.2 Å². The van der Waals surface area contributed by atoms with E-state index in [1.807, 2.05) is 19.1 Å². The Balaban J connectivity index is 1.66. The smallest absolute Gasteiger partial charge is 0.236 e. The minimum atomic E-state index is -0.453. The Morgan fingerprint density at radius 3 is 2.43 bits per heavy atom. The van der Waals surface area contributed by atoms with Crippen molar-refractivity contribution >= 4 is 46.3 Å². The van der Waals surface area contributed by atoms with Gasteiger partial charge in [-0.25, -0.2) is 9.37 Å². The monoisotopic (exact) mass is 415 g/mol. The average Bonchev–Trinajstić information content (AvgIpc) is 2.68. The predicted molar refractivity (Wildman–Crippen MR) is 110 cm³/mol. The molecule has 0 bridgehead atoms.